The van der Waals surface area contributed by atoms with E-state index in [0.717, 1.165) is 0 Å². The third-order valence-corrected chi connectivity index (χ3v) is 3.93. The Labute approximate surface area is 69.7 Å². The van der Waals surface area contributed by atoms with Crippen LogP contribution in [-0.4, -0.2) is 16.2 Å². The molecule has 0 aliphatic carbocycles. The van der Waals surface area contributed by atoms with Gasteiger partial charge in [-0.2, -0.15) is 0 Å². The summed E-state index contributed by atoms with van der Waals surface area (Å²) in [5, 5.41) is 1.37. The van der Waals surface area contributed by atoms with Gasteiger partial charge < -0.3 is 4.43 Å². The lowest BCUT2D eigenvalue weighted by Gasteiger charge is -2.06. The van der Waals surface area contributed by atoms with Crippen LogP contribution in [0.5, 0.6) is 0 Å². The molecule has 1 rings (SSSR count). The Hall–Kier alpha value is -0.603. The Bertz CT molecular complexity index is 218. The van der Waals surface area contributed by atoms with E-state index in [1.54, 1.807) is 7.11 Å². The van der Waals surface area contributed by atoms with Crippen molar-refractivity contribution in [3.05, 3.63) is 29.8 Å². The van der Waals surface area contributed by atoms with Crippen molar-refractivity contribution < 1.29 is 4.43 Å². The van der Waals surface area contributed by atoms with Crippen molar-refractivity contribution in [2.24, 2.45) is 0 Å². The number of rotatable bonds is 2. The van der Waals surface area contributed by atoms with Crippen LogP contribution in [0.4, 0.5) is 0 Å². The second kappa shape index (κ2) is 3.69. The summed E-state index contributed by atoms with van der Waals surface area (Å²) < 4.78 is 5.31. The molecular weight excluding hydrogens is 152 g/mol. The van der Waals surface area contributed by atoms with Gasteiger partial charge in [-0.15, -0.1) is 0 Å². The Morgan fingerprint density at radius 1 is 1.18 bits per heavy atom. The van der Waals surface area contributed by atoms with Crippen LogP contribution in [0, 0.1) is 6.92 Å². The van der Waals surface area contributed by atoms with Gasteiger partial charge in [0.1, 0.15) is 0 Å². The van der Waals surface area contributed by atoms with E-state index in [2.05, 4.69) is 37.7 Å². The summed E-state index contributed by atoms with van der Waals surface area (Å²) in [7, 11) is 0.728. The van der Waals surface area contributed by atoms with Crippen LogP contribution in [0.25, 0.3) is 0 Å². The lowest BCUT2D eigenvalue weighted by molar-refractivity contribution is 0.434. The van der Waals surface area contributed by atoms with E-state index in [1.807, 2.05) is 0 Å². The van der Waals surface area contributed by atoms with Gasteiger partial charge in [0.05, 0.1) is 0 Å². The van der Waals surface area contributed by atoms with Crippen LogP contribution in [0.1, 0.15) is 5.56 Å². The van der Waals surface area contributed by atoms with Gasteiger partial charge in [0.15, 0.2) is 0 Å². The first-order valence-corrected chi connectivity index (χ1v) is 6.03. The molecule has 1 nitrogen and oxygen atoms in total. The zero-order valence-electron chi connectivity index (χ0n) is 7.29. The Morgan fingerprint density at radius 3 is 2.18 bits per heavy atom. The zero-order valence-corrected chi connectivity index (χ0v) is 8.45. The van der Waals surface area contributed by atoms with E-state index in [-0.39, 0.29) is 0 Å². The normalized spacial score (nSPS) is 13.0. The fraction of sp³-hybridized carbons (Fsp3) is 0.333. The number of aryl methyl sites for hydroxylation is 1. The summed E-state index contributed by atoms with van der Waals surface area (Å²) in [6.07, 6.45) is 0. The van der Waals surface area contributed by atoms with Gasteiger partial charge in [-0.05, 0) is 18.7 Å². The van der Waals surface area contributed by atoms with Gasteiger partial charge in [-0.25, -0.2) is 0 Å². The van der Waals surface area contributed by atoms with E-state index in [4.69, 9.17) is 4.43 Å². The Balaban J connectivity index is 2.81. The molecule has 60 valence electrons. The minimum Gasteiger partial charge on any atom is -0.419 e. The molecule has 0 N–H and O–H groups in total. The molecule has 0 aliphatic heterocycles. The average molecular weight is 166 g/mol. The Kier molecular flexibility index (Phi) is 2.85. The molecule has 0 amide bonds. The SMILES string of the molecule is CO[SiH](C)c1ccc(C)cc1. The van der Waals surface area contributed by atoms with Crippen molar-refractivity contribution in [3.63, 3.8) is 0 Å². The zero-order chi connectivity index (χ0) is 8.27. The number of hydrogen-bond acceptors (Lipinski definition) is 1. The fourth-order valence-electron chi connectivity index (χ4n) is 0.974. The van der Waals surface area contributed by atoms with Gasteiger partial charge in [-0.3, -0.25) is 0 Å². The number of hydrogen-bond donors (Lipinski definition) is 0. The molecule has 1 aromatic carbocycles. The minimum absolute atomic E-state index is 1.06. The predicted molar refractivity (Wildman–Crippen MR) is 50.8 cm³/mol. The molecule has 1 aromatic rings. The van der Waals surface area contributed by atoms with Crippen molar-refractivity contribution in [2.75, 3.05) is 7.11 Å². The molecule has 0 spiro atoms. The first-order valence-electron chi connectivity index (χ1n) is 3.83. The topological polar surface area (TPSA) is 9.23 Å². The summed E-state index contributed by atoms with van der Waals surface area (Å²) in [6, 6.07) is 8.60. The van der Waals surface area contributed by atoms with Crippen LogP contribution in [0.2, 0.25) is 6.55 Å². The summed E-state index contributed by atoms with van der Waals surface area (Å²) in [4.78, 5) is 0. The largest absolute Gasteiger partial charge is 0.419 e. The highest BCUT2D eigenvalue weighted by Crippen LogP contribution is 1.94. The molecule has 2 heteroatoms. The molecule has 0 fully saturated rings. The van der Waals surface area contributed by atoms with Gasteiger partial charge in [0.2, 0.25) is 9.04 Å². The maximum Gasteiger partial charge on any atom is 0.204 e. The molecule has 0 heterocycles. The van der Waals surface area contributed by atoms with Gasteiger partial charge in [-0.1, -0.05) is 29.8 Å². The van der Waals surface area contributed by atoms with Crippen LogP contribution in [0.3, 0.4) is 0 Å². The second-order valence-electron chi connectivity index (χ2n) is 2.79. The molecule has 0 bridgehead atoms. The monoisotopic (exact) mass is 166 g/mol. The molecule has 1 unspecified atom stereocenters. The lowest BCUT2D eigenvalue weighted by Crippen LogP contribution is -2.28. The molecule has 0 saturated heterocycles. The van der Waals surface area contributed by atoms with Crippen LogP contribution in [0.15, 0.2) is 24.3 Å². The highest BCUT2D eigenvalue weighted by molar-refractivity contribution is 6.66. The highest BCUT2D eigenvalue weighted by atomic mass is 28.3. The molecule has 1 atom stereocenters. The van der Waals surface area contributed by atoms with Crippen molar-refractivity contribution in [3.8, 4) is 0 Å². The van der Waals surface area contributed by atoms with E-state index < -0.39 is 9.04 Å². The predicted octanol–water partition coefficient (Wildman–Crippen LogP) is 1.20. The maximum atomic E-state index is 5.31. The average Bonchev–Trinajstić information content (AvgIpc) is 2.05. The fourth-order valence-corrected chi connectivity index (χ4v) is 1.98. The van der Waals surface area contributed by atoms with Crippen molar-refractivity contribution in [1.29, 1.82) is 0 Å². The molecule has 0 radical (unpaired) electrons. The standard InChI is InChI=1S/C9H14OSi/c1-8-4-6-9(7-5-8)11(3)10-2/h4-7,11H,1-3H3. The summed E-state index contributed by atoms with van der Waals surface area (Å²) in [5.74, 6) is 0. The van der Waals surface area contributed by atoms with Crippen molar-refractivity contribution in [2.45, 2.75) is 13.5 Å². The van der Waals surface area contributed by atoms with E-state index in [0.29, 0.717) is 0 Å². The van der Waals surface area contributed by atoms with Crippen LogP contribution in [-0.2, 0) is 4.43 Å². The third kappa shape index (κ3) is 2.17. The summed E-state index contributed by atoms with van der Waals surface area (Å²) in [5.41, 5.74) is 1.31. The molecular formula is C9H14OSi. The summed E-state index contributed by atoms with van der Waals surface area (Å²) >= 11 is 0. The molecule has 0 aliphatic rings. The first-order chi connectivity index (χ1) is 5.24. The third-order valence-electron chi connectivity index (χ3n) is 1.90. The van der Waals surface area contributed by atoms with Crippen LogP contribution < -0.4 is 5.19 Å². The lowest BCUT2D eigenvalue weighted by atomic mass is 10.2. The smallest absolute Gasteiger partial charge is 0.204 e. The van der Waals surface area contributed by atoms with Crippen LogP contribution >= 0.6 is 0 Å². The highest BCUT2D eigenvalue weighted by Gasteiger charge is 2.03. The van der Waals surface area contributed by atoms with E-state index in [9.17, 15) is 0 Å². The van der Waals surface area contributed by atoms with E-state index in [1.165, 1.54) is 10.8 Å². The molecule has 0 saturated carbocycles. The van der Waals surface area contributed by atoms with Gasteiger partial charge >= 0.3 is 0 Å². The van der Waals surface area contributed by atoms with Crippen molar-refractivity contribution in [1.82, 2.24) is 0 Å². The molecule has 11 heavy (non-hydrogen) atoms. The van der Waals surface area contributed by atoms with E-state index >= 15 is 0 Å². The molecule has 0 aromatic heterocycles. The Morgan fingerprint density at radius 2 is 1.73 bits per heavy atom. The first kappa shape index (κ1) is 8.49. The minimum atomic E-state index is -1.06. The van der Waals surface area contributed by atoms with Gasteiger partial charge in [0.25, 0.3) is 0 Å². The second-order valence-corrected chi connectivity index (χ2v) is 5.21. The van der Waals surface area contributed by atoms with Crippen molar-refractivity contribution >= 4 is 14.2 Å². The quantitative estimate of drug-likeness (QED) is 0.600. The van der Waals surface area contributed by atoms with Gasteiger partial charge in [0, 0.05) is 7.11 Å². The summed E-state index contributed by atoms with van der Waals surface area (Å²) in [6.45, 7) is 4.29. The maximum absolute atomic E-state index is 5.31. The number of benzene rings is 1.